The van der Waals surface area contributed by atoms with E-state index in [1.807, 2.05) is 18.3 Å². The molecule has 0 aliphatic carbocycles. The monoisotopic (exact) mass is 710 g/mol. The van der Waals surface area contributed by atoms with Gasteiger partial charge in [-0.05, 0) is 112 Å². The number of hydrogen-bond donors (Lipinski definition) is 0. The number of pyridine rings is 2. The summed E-state index contributed by atoms with van der Waals surface area (Å²) in [5.41, 5.74) is 11.7. The summed E-state index contributed by atoms with van der Waals surface area (Å²) in [5, 5.41) is 28.5. The summed E-state index contributed by atoms with van der Waals surface area (Å²) in [4.78, 5) is 8.96. The molecule has 0 atom stereocenters. The summed E-state index contributed by atoms with van der Waals surface area (Å²) in [6, 6.07) is 62.1. The fraction of sp³-hybridized carbons (Fsp3) is 0. The van der Waals surface area contributed by atoms with Crippen molar-refractivity contribution in [2.75, 3.05) is 0 Å². The number of rotatable bonds is 5. The molecule has 10 rings (SSSR count). The van der Waals surface area contributed by atoms with Crippen molar-refractivity contribution in [2.45, 2.75) is 0 Å². The van der Waals surface area contributed by atoms with Gasteiger partial charge < -0.3 is 0 Å². The molecule has 0 amide bonds. The summed E-state index contributed by atoms with van der Waals surface area (Å²) < 4.78 is 0. The van der Waals surface area contributed by atoms with Crippen molar-refractivity contribution in [1.29, 1.82) is 10.5 Å². The first kappa shape index (κ1) is 32.7. The SMILES string of the molecule is N#Cc1cncc(-c2cccc(-c3c4ccccc4c(-c4c5ccccc5c(-c5cccc(-c6cc(C#N)ccn6)c5)c5ccccc45)c4ccccc34)c2)c1. The van der Waals surface area contributed by atoms with Gasteiger partial charge in [-0.15, -0.1) is 0 Å². The molecule has 0 unspecified atom stereocenters. The Morgan fingerprint density at radius 2 is 0.768 bits per heavy atom. The van der Waals surface area contributed by atoms with Gasteiger partial charge in [-0.1, -0.05) is 133 Å². The van der Waals surface area contributed by atoms with Crippen LogP contribution in [0.1, 0.15) is 11.1 Å². The lowest BCUT2D eigenvalue weighted by Crippen LogP contribution is -1.95. The molecule has 0 fully saturated rings. The number of aromatic nitrogens is 2. The van der Waals surface area contributed by atoms with Gasteiger partial charge in [0.2, 0.25) is 0 Å². The highest BCUT2D eigenvalue weighted by molar-refractivity contribution is 6.30. The minimum atomic E-state index is 0.536. The van der Waals surface area contributed by atoms with Crippen LogP contribution in [0.4, 0.5) is 0 Å². The molecule has 2 heterocycles. The first-order valence-corrected chi connectivity index (χ1v) is 18.5. The molecule has 0 spiro atoms. The van der Waals surface area contributed by atoms with Crippen LogP contribution >= 0.6 is 0 Å². The van der Waals surface area contributed by atoms with Gasteiger partial charge in [-0.25, -0.2) is 0 Å². The second-order valence-electron chi connectivity index (χ2n) is 14.0. The average molecular weight is 711 g/mol. The lowest BCUT2D eigenvalue weighted by molar-refractivity contribution is 1.30. The minimum absolute atomic E-state index is 0.536. The predicted molar refractivity (Wildman–Crippen MR) is 229 cm³/mol. The van der Waals surface area contributed by atoms with Gasteiger partial charge in [0.05, 0.1) is 22.9 Å². The van der Waals surface area contributed by atoms with Crippen LogP contribution in [-0.4, -0.2) is 9.97 Å². The molecule has 258 valence electrons. The molecule has 0 bridgehead atoms. The van der Waals surface area contributed by atoms with E-state index in [9.17, 15) is 10.5 Å². The predicted octanol–water partition coefficient (Wildman–Crippen LogP) is 13.2. The molecule has 4 heteroatoms. The van der Waals surface area contributed by atoms with Crippen molar-refractivity contribution >= 4 is 43.1 Å². The maximum absolute atomic E-state index is 9.58. The van der Waals surface area contributed by atoms with Crippen LogP contribution in [0.2, 0.25) is 0 Å². The summed E-state index contributed by atoms with van der Waals surface area (Å²) in [7, 11) is 0. The highest BCUT2D eigenvalue weighted by Crippen LogP contribution is 2.50. The molecule has 0 aliphatic heterocycles. The number of hydrogen-bond acceptors (Lipinski definition) is 4. The third-order valence-corrected chi connectivity index (χ3v) is 10.8. The molecule has 0 saturated heterocycles. The summed E-state index contributed by atoms with van der Waals surface area (Å²) in [6.45, 7) is 0. The largest absolute Gasteiger partial charge is 0.263 e. The average Bonchev–Trinajstić information content (AvgIpc) is 3.27. The number of nitriles is 2. The van der Waals surface area contributed by atoms with Gasteiger partial charge in [0.15, 0.2) is 0 Å². The zero-order valence-corrected chi connectivity index (χ0v) is 30.1. The standard InChI is InChI=1S/C52H30N4/c53-29-33-23-24-56-48(26-33)36-12-10-14-38(28-36)50-42-17-3-7-21-46(42)52(47-22-8-4-18-43(47)50)51-44-19-5-1-15-40(44)49(41-16-2-6-20-45(41)51)37-13-9-11-35(27-37)39-25-34(30-54)31-55-32-39/h1-28,31-32H. The van der Waals surface area contributed by atoms with Crippen LogP contribution in [0.15, 0.2) is 182 Å². The van der Waals surface area contributed by atoms with Crippen LogP contribution in [0.25, 0.3) is 98.9 Å². The number of benzene rings is 8. The third-order valence-electron chi connectivity index (χ3n) is 10.8. The molecule has 0 N–H and O–H groups in total. The molecule has 4 nitrogen and oxygen atoms in total. The normalized spacial score (nSPS) is 11.2. The van der Waals surface area contributed by atoms with E-state index in [1.165, 1.54) is 49.0 Å². The molecular formula is C52H30N4. The van der Waals surface area contributed by atoms with Crippen LogP contribution in [-0.2, 0) is 0 Å². The Bertz CT molecular complexity index is 2960. The molecule has 0 aliphatic rings. The van der Waals surface area contributed by atoms with Gasteiger partial charge >= 0.3 is 0 Å². The smallest absolute Gasteiger partial charge is 0.101 e. The fourth-order valence-electron chi connectivity index (χ4n) is 8.42. The second kappa shape index (κ2) is 13.5. The number of fused-ring (bicyclic) bond motifs is 4. The van der Waals surface area contributed by atoms with Crippen LogP contribution in [0.5, 0.6) is 0 Å². The topological polar surface area (TPSA) is 73.4 Å². The second-order valence-corrected chi connectivity index (χ2v) is 14.0. The highest BCUT2D eigenvalue weighted by atomic mass is 14.7. The summed E-state index contributed by atoms with van der Waals surface area (Å²) >= 11 is 0. The highest BCUT2D eigenvalue weighted by Gasteiger charge is 2.22. The van der Waals surface area contributed by atoms with Gasteiger partial charge in [-0.3, -0.25) is 9.97 Å². The summed E-state index contributed by atoms with van der Waals surface area (Å²) in [5.74, 6) is 0. The van der Waals surface area contributed by atoms with Crippen LogP contribution in [0, 0.1) is 22.7 Å². The zero-order chi connectivity index (χ0) is 37.6. The van der Waals surface area contributed by atoms with Crippen molar-refractivity contribution in [2.24, 2.45) is 0 Å². The zero-order valence-electron chi connectivity index (χ0n) is 30.1. The van der Waals surface area contributed by atoms with Gasteiger partial charge in [0.25, 0.3) is 0 Å². The van der Waals surface area contributed by atoms with Crippen molar-refractivity contribution in [3.8, 4) is 67.9 Å². The van der Waals surface area contributed by atoms with Crippen molar-refractivity contribution in [1.82, 2.24) is 9.97 Å². The molecule has 8 aromatic carbocycles. The van der Waals surface area contributed by atoms with Crippen molar-refractivity contribution < 1.29 is 0 Å². The Labute approximate surface area is 323 Å². The van der Waals surface area contributed by atoms with Crippen LogP contribution in [0.3, 0.4) is 0 Å². The molecule has 0 radical (unpaired) electrons. The first-order chi connectivity index (χ1) is 27.7. The fourth-order valence-corrected chi connectivity index (χ4v) is 8.42. The Balaban J connectivity index is 1.26. The van der Waals surface area contributed by atoms with E-state index in [-0.39, 0.29) is 0 Å². The van der Waals surface area contributed by atoms with Gasteiger partial charge in [0, 0.05) is 29.7 Å². The van der Waals surface area contributed by atoms with E-state index in [4.69, 9.17) is 0 Å². The van der Waals surface area contributed by atoms with E-state index in [0.717, 1.165) is 49.8 Å². The van der Waals surface area contributed by atoms with Crippen molar-refractivity contribution in [3.63, 3.8) is 0 Å². The minimum Gasteiger partial charge on any atom is -0.263 e. The van der Waals surface area contributed by atoms with Gasteiger partial charge in [0.1, 0.15) is 6.07 Å². The Morgan fingerprint density at radius 3 is 1.25 bits per heavy atom. The first-order valence-electron chi connectivity index (χ1n) is 18.5. The maximum atomic E-state index is 9.58. The van der Waals surface area contributed by atoms with E-state index in [2.05, 4.69) is 168 Å². The quantitative estimate of drug-likeness (QED) is 0.167. The molecule has 2 aromatic heterocycles. The molecule has 56 heavy (non-hydrogen) atoms. The lowest BCUT2D eigenvalue weighted by Gasteiger charge is -2.22. The Kier molecular flexibility index (Phi) is 7.88. The molecule has 10 aromatic rings. The van der Waals surface area contributed by atoms with Gasteiger partial charge in [-0.2, -0.15) is 10.5 Å². The third kappa shape index (κ3) is 5.37. The van der Waals surface area contributed by atoms with Crippen molar-refractivity contribution in [3.05, 3.63) is 194 Å². The van der Waals surface area contributed by atoms with E-state index >= 15 is 0 Å². The number of nitrogens with zero attached hydrogens (tertiary/aromatic N) is 4. The summed E-state index contributed by atoms with van der Waals surface area (Å²) in [6.07, 6.45) is 5.11. The van der Waals surface area contributed by atoms with Crippen LogP contribution < -0.4 is 0 Å². The Morgan fingerprint density at radius 1 is 0.339 bits per heavy atom. The van der Waals surface area contributed by atoms with E-state index in [1.54, 1.807) is 18.5 Å². The lowest BCUT2D eigenvalue weighted by atomic mass is 9.81. The molecule has 0 saturated carbocycles. The Hall–Kier alpha value is -7.92. The maximum Gasteiger partial charge on any atom is 0.101 e. The van der Waals surface area contributed by atoms with E-state index in [0.29, 0.717) is 11.1 Å². The molecular weight excluding hydrogens is 681 g/mol. The van der Waals surface area contributed by atoms with E-state index < -0.39 is 0 Å².